The predicted molar refractivity (Wildman–Crippen MR) is 92.7 cm³/mol. The second-order valence-electron chi connectivity index (χ2n) is 7.30. The monoisotopic (exact) mass is 354 g/mol. The summed E-state index contributed by atoms with van der Waals surface area (Å²) in [4.78, 5) is 20.4. The van der Waals surface area contributed by atoms with Gasteiger partial charge in [-0.1, -0.05) is 26.8 Å². The fourth-order valence-electron chi connectivity index (χ4n) is 3.66. The maximum Gasteiger partial charge on any atom is 0.333 e. The number of rotatable bonds is 4. The number of ether oxygens (including phenoxy) is 1. The van der Waals surface area contributed by atoms with Crippen molar-refractivity contribution in [3.63, 3.8) is 0 Å². The molecule has 142 valence electrons. The highest BCUT2D eigenvalue weighted by molar-refractivity contribution is 5.88. The van der Waals surface area contributed by atoms with Gasteiger partial charge in [0.25, 0.3) is 6.26 Å². The zero-order valence-electron chi connectivity index (χ0n) is 15.8. The van der Waals surface area contributed by atoms with Gasteiger partial charge in [0, 0.05) is 12.2 Å². The third-order valence-corrected chi connectivity index (χ3v) is 3.77. The van der Waals surface area contributed by atoms with Gasteiger partial charge in [0.2, 0.25) is 6.08 Å². The van der Waals surface area contributed by atoms with Crippen molar-refractivity contribution in [1.29, 1.82) is 10.7 Å². The first-order valence-electron chi connectivity index (χ1n) is 8.08. The molecular formula is C18H30N2O5. The summed E-state index contributed by atoms with van der Waals surface area (Å²) < 4.78 is 5.75. The lowest BCUT2D eigenvalue weighted by Crippen LogP contribution is -2.43. The van der Waals surface area contributed by atoms with Crippen molar-refractivity contribution in [2.24, 2.45) is 11.3 Å². The molecule has 0 aromatic carbocycles. The fourth-order valence-corrected chi connectivity index (χ4v) is 3.66. The van der Waals surface area contributed by atoms with Gasteiger partial charge >= 0.3 is 5.97 Å². The van der Waals surface area contributed by atoms with E-state index >= 15 is 0 Å². The molecule has 0 bridgehead atoms. The van der Waals surface area contributed by atoms with E-state index in [1.165, 1.54) is 6.42 Å². The Morgan fingerprint density at radius 2 is 1.88 bits per heavy atom. The Balaban J connectivity index is 0. The topological polar surface area (TPSA) is 131 Å². The molecule has 1 rings (SSSR count). The molecule has 0 saturated heterocycles. The van der Waals surface area contributed by atoms with Gasteiger partial charge in [0.15, 0.2) is 0 Å². The van der Waals surface area contributed by atoms with E-state index < -0.39 is 0 Å². The lowest BCUT2D eigenvalue weighted by molar-refractivity contribution is -0.162. The number of nitrogens with one attached hydrogen (secondary N) is 1. The first-order valence-corrected chi connectivity index (χ1v) is 8.08. The second kappa shape index (κ2) is 12.2. The second-order valence-corrected chi connectivity index (χ2v) is 7.30. The van der Waals surface area contributed by atoms with E-state index in [4.69, 9.17) is 30.4 Å². The average Bonchev–Trinajstić information content (AvgIpc) is 2.43. The first-order chi connectivity index (χ1) is 11.5. The molecule has 0 heterocycles. The maximum atomic E-state index is 12.1. The number of nitriles is 1. The van der Waals surface area contributed by atoms with E-state index in [-0.39, 0.29) is 23.6 Å². The Labute approximate surface area is 149 Å². The number of carbonyl (C=O) groups is 1. The zero-order chi connectivity index (χ0) is 20.1. The Hall–Kier alpha value is -2.16. The largest absolute Gasteiger partial charge is 0.456 e. The van der Waals surface area contributed by atoms with Gasteiger partial charge in [-0.2, -0.15) is 5.26 Å². The van der Waals surface area contributed by atoms with Gasteiger partial charge in [0.1, 0.15) is 5.60 Å². The molecule has 0 aromatic rings. The number of nitrogens with zero attached hydrogens (tertiary/aromatic N) is 1. The summed E-state index contributed by atoms with van der Waals surface area (Å²) in [5, 5.41) is 27.9. The standard InChI is InChI=1S/C16H28O3.2CHNO/c1-12-9-15(3,4)11-16(5,10-12)19-14(18)13(2)7-6-8-17;2*2-1-3/h7,12,17H,6,8-11H2,1-5H3;3H;2H. The summed E-state index contributed by atoms with van der Waals surface area (Å²) in [7, 11) is 0. The summed E-state index contributed by atoms with van der Waals surface area (Å²) in [6.45, 7) is 10.6. The number of esters is 1. The van der Waals surface area contributed by atoms with E-state index in [9.17, 15) is 4.79 Å². The first kappa shape index (κ1) is 25.1. The van der Waals surface area contributed by atoms with Crippen LogP contribution in [0.4, 0.5) is 0 Å². The molecule has 0 spiro atoms. The summed E-state index contributed by atoms with van der Waals surface area (Å²) in [5.74, 6) is 0.323. The Morgan fingerprint density at radius 1 is 1.40 bits per heavy atom. The van der Waals surface area contributed by atoms with Crippen molar-refractivity contribution in [3.05, 3.63) is 11.6 Å². The van der Waals surface area contributed by atoms with Gasteiger partial charge in [-0.3, -0.25) is 0 Å². The fraction of sp³-hybridized carbons (Fsp3) is 0.722. The molecule has 25 heavy (non-hydrogen) atoms. The highest BCUT2D eigenvalue weighted by Gasteiger charge is 2.42. The van der Waals surface area contributed by atoms with Crippen molar-refractivity contribution in [2.45, 2.75) is 65.9 Å². The van der Waals surface area contributed by atoms with Crippen LogP contribution < -0.4 is 0 Å². The van der Waals surface area contributed by atoms with Crippen LogP contribution in [0.3, 0.4) is 0 Å². The van der Waals surface area contributed by atoms with E-state index in [0.717, 1.165) is 25.2 Å². The summed E-state index contributed by atoms with van der Waals surface area (Å²) >= 11 is 0. The molecule has 1 saturated carbocycles. The van der Waals surface area contributed by atoms with Crippen molar-refractivity contribution in [1.82, 2.24) is 0 Å². The molecular weight excluding hydrogens is 324 g/mol. The van der Waals surface area contributed by atoms with Crippen LogP contribution >= 0.6 is 0 Å². The normalized spacial score (nSPS) is 24.2. The minimum atomic E-state index is -0.368. The van der Waals surface area contributed by atoms with Crippen molar-refractivity contribution < 1.29 is 24.5 Å². The van der Waals surface area contributed by atoms with Crippen molar-refractivity contribution in [2.75, 3.05) is 6.61 Å². The number of aliphatic hydroxyl groups excluding tert-OH is 2. The van der Waals surface area contributed by atoms with Gasteiger partial charge in [-0.25, -0.2) is 15.0 Å². The molecule has 0 amide bonds. The molecule has 1 aliphatic carbocycles. The van der Waals surface area contributed by atoms with Gasteiger partial charge in [0.05, 0.1) is 0 Å². The van der Waals surface area contributed by atoms with E-state index in [1.54, 1.807) is 13.0 Å². The van der Waals surface area contributed by atoms with Gasteiger partial charge < -0.3 is 14.9 Å². The average molecular weight is 354 g/mol. The summed E-state index contributed by atoms with van der Waals surface area (Å²) in [5.41, 5.74) is 0.438. The molecule has 3 N–H and O–H groups in total. The van der Waals surface area contributed by atoms with Gasteiger partial charge in [-0.15, -0.1) is 0 Å². The van der Waals surface area contributed by atoms with Crippen LogP contribution in [0.25, 0.3) is 0 Å². The molecule has 7 heteroatoms. The Bertz CT molecular complexity index is 516. The quantitative estimate of drug-likeness (QED) is 0.233. The molecule has 1 aliphatic rings. The number of carbonyl (C=O) groups excluding carboxylic acids is 2. The zero-order valence-corrected chi connectivity index (χ0v) is 15.8. The molecule has 0 aliphatic heterocycles. The van der Waals surface area contributed by atoms with Crippen LogP contribution in [0.1, 0.15) is 60.3 Å². The van der Waals surface area contributed by atoms with Crippen LogP contribution in [0.5, 0.6) is 0 Å². The third-order valence-electron chi connectivity index (χ3n) is 3.77. The number of hydrogen-bond donors (Lipinski definition) is 3. The minimum Gasteiger partial charge on any atom is -0.456 e. The molecule has 2 atom stereocenters. The van der Waals surface area contributed by atoms with Crippen LogP contribution in [-0.4, -0.2) is 34.5 Å². The molecule has 0 radical (unpaired) electrons. The summed E-state index contributed by atoms with van der Waals surface area (Å²) in [6.07, 6.45) is 6.75. The van der Waals surface area contributed by atoms with E-state index in [0.29, 0.717) is 17.9 Å². The molecule has 0 aromatic heterocycles. The SMILES string of the molecule is CC(=CCCO)C(=O)OC1(C)CC(C)CC(C)(C)C1.N#CO.N=C=O. The number of aliphatic hydroxyl groups is 2. The van der Waals surface area contributed by atoms with Crippen LogP contribution in [0.15, 0.2) is 11.6 Å². The number of hydrogen-bond acceptors (Lipinski definition) is 7. The molecule has 7 nitrogen and oxygen atoms in total. The Morgan fingerprint density at radius 3 is 2.28 bits per heavy atom. The predicted octanol–water partition coefficient (Wildman–Crippen LogP) is 3.20. The van der Waals surface area contributed by atoms with E-state index in [1.807, 2.05) is 6.92 Å². The van der Waals surface area contributed by atoms with Crippen LogP contribution in [0.2, 0.25) is 0 Å². The number of isocyanates is 1. The highest BCUT2D eigenvalue weighted by atomic mass is 16.6. The minimum absolute atomic E-state index is 0.0615. The van der Waals surface area contributed by atoms with E-state index in [2.05, 4.69) is 20.8 Å². The van der Waals surface area contributed by atoms with Crippen molar-refractivity contribution >= 4 is 12.0 Å². The highest BCUT2D eigenvalue weighted by Crippen LogP contribution is 2.45. The molecule has 2 unspecified atom stereocenters. The van der Waals surface area contributed by atoms with Gasteiger partial charge in [-0.05, 0) is 50.9 Å². The third kappa shape index (κ3) is 11.9. The van der Waals surface area contributed by atoms with Crippen molar-refractivity contribution in [3.8, 4) is 6.26 Å². The summed E-state index contributed by atoms with van der Waals surface area (Å²) in [6, 6.07) is 0. The van der Waals surface area contributed by atoms with Crippen LogP contribution in [-0.2, 0) is 14.3 Å². The van der Waals surface area contributed by atoms with Crippen LogP contribution in [0, 0.1) is 28.3 Å². The lowest BCUT2D eigenvalue weighted by atomic mass is 9.66. The molecule has 1 fully saturated rings. The smallest absolute Gasteiger partial charge is 0.333 e. The maximum absolute atomic E-state index is 12.1. The Kier molecular flexibility index (Phi) is 12.3. The lowest BCUT2D eigenvalue weighted by Gasteiger charge is -2.45.